The van der Waals surface area contributed by atoms with Gasteiger partial charge in [0.2, 0.25) is 5.52 Å². The van der Waals surface area contributed by atoms with Crippen molar-refractivity contribution in [2.45, 2.75) is 13.8 Å². The van der Waals surface area contributed by atoms with Crippen molar-refractivity contribution >= 4 is 49.0 Å². The first kappa shape index (κ1) is 17.7. The van der Waals surface area contributed by atoms with Crippen molar-refractivity contribution in [1.82, 2.24) is 4.40 Å². The molecule has 7 rings (SSSR count). The van der Waals surface area contributed by atoms with Gasteiger partial charge in [0.15, 0.2) is 6.20 Å². The zero-order chi connectivity index (χ0) is 21.6. The Morgan fingerprint density at radius 2 is 1.53 bits per heavy atom. The van der Waals surface area contributed by atoms with Gasteiger partial charge in [-0.05, 0) is 60.2 Å². The van der Waals surface area contributed by atoms with Crippen molar-refractivity contribution in [3.8, 4) is 11.1 Å². The lowest BCUT2D eigenvalue weighted by Crippen LogP contribution is -2.28. The minimum absolute atomic E-state index is 1.25. The second-order valence-corrected chi connectivity index (χ2v) is 9.11. The van der Waals surface area contributed by atoms with E-state index in [0.717, 1.165) is 0 Å². The summed E-state index contributed by atoms with van der Waals surface area (Å²) in [4.78, 5) is 0. The third-order valence-electron chi connectivity index (χ3n) is 7.09. The van der Waals surface area contributed by atoms with Crippen LogP contribution in [0.2, 0.25) is 0 Å². The van der Waals surface area contributed by atoms with Gasteiger partial charge in [-0.15, -0.1) is 0 Å². The van der Waals surface area contributed by atoms with E-state index in [0.29, 0.717) is 0 Å². The lowest BCUT2D eigenvalue weighted by atomic mass is 9.96. The van der Waals surface area contributed by atoms with Crippen molar-refractivity contribution in [3.05, 3.63) is 96.2 Å². The molecule has 152 valence electrons. The van der Waals surface area contributed by atoms with Crippen molar-refractivity contribution < 1.29 is 4.57 Å². The number of rotatable bonds is 1. The Hall–Kier alpha value is -3.91. The van der Waals surface area contributed by atoms with E-state index in [2.05, 4.69) is 115 Å². The van der Waals surface area contributed by atoms with Crippen LogP contribution < -0.4 is 4.57 Å². The van der Waals surface area contributed by atoms with Crippen LogP contribution in [0.1, 0.15) is 11.1 Å². The first-order chi connectivity index (χ1) is 15.6. The summed E-state index contributed by atoms with van der Waals surface area (Å²) in [5, 5.41) is 6.62. The average Bonchev–Trinajstić information content (AvgIpc) is 3.13. The largest absolute Gasteiger partial charge is 0.307 e. The molecule has 4 aromatic carbocycles. The van der Waals surface area contributed by atoms with E-state index in [1.807, 2.05) is 0 Å². The summed E-state index contributed by atoms with van der Waals surface area (Å²) < 4.78 is 4.80. The minimum Gasteiger partial charge on any atom is -0.307 e. The predicted molar refractivity (Wildman–Crippen MR) is 135 cm³/mol. The molecule has 0 saturated heterocycles. The normalized spacial score (nSPS) is 12.2. The third-order valence-corrected chi connectivity index (χ3v) is 7.09. The number of hydrogen-bond acceptors (Lipinski definition) is 0. The van der Waals surface area contributed by atoms with Gasteiger partial charge in [-0.1, -0.05) is 54.1 Å². The molecule has 0 unspecified atom stereocenters. The molecule has 0 bridgehead atoms. The number of nitrogens with zero attached hydrogens (tertiary/aromatic N) is 2. The van der Waals surface area contributed by atoms with Crippen LogP contribution in [0.3, 0.4) is 0 Å². The SMILES string of the molecule is Cc1ccc2c(c1)c1ccc(C)c3c1n2c1cc(-c2ccccc2)cc2cc[n+](C)c3c21. The molecule has 3 aromatic heterocycles. The molecule has 0 spiro atoms. The van der Waals surface area contributed by atoms with Crippen molar-refractivity contribution in [2.24, 2.45) is 7.05 Å². The Bertz CT molecular complexity index is 1840. The summed E-state index contributed by atoms with van der Waals surface area (Å²) in [6.45, 7) is 4.42. The number of pyridine rings is 2. The minimum atomic E-state index is 1.25. The fourth-order valence-electron chi connectivity index (χ4n) is 5.63. The van der Waals surface area contributed by atoms with Gasteiger partial charge in [0, 0.05) is 16.8 Å². The van der Waals surface area contributed by atoms with Crippen LogP contribution in [0, 0.1) is 13.8 Å². The molecule has 2 nitrogen and oxygen atoms in total. The Kier molecular flexibility index (Phi) is 3.37. The van der Waals surface area contributed by atoms with Gasteiger partial charge in [0.25, 0.3) is 0 Å². The first-order valence-electron chi connectivity index (χ1n) is 11.2. The Balaban J connectivity index is 1.85. The lowest BCUT2D eigenvalue weighted by Gasteiger charge is -2.14. The highest BCUT2D eigenvalue weighted by Gasteiger charge is 2.24. The highest BCUT2D eigenvalue weighted by atomic mass is 15.0. The van der Waals surface area contributed by atoms with Crippen LogP contribution >= 0.6 is 0 Å². The van der Waals surface area contributed by atoms with Gasteiger partial charge in [0.05, 0.1) is 27.3 Å². The number of fused-ring (bicyclic) bond motifs is 5. The molecule has 0 aliphatic heterocycles. The molecule has 0 fully saturated rings. The number of aromatic nitrogens is 2. The van der Waals surface area contributed by atoms with Crippen molar-refractivity contribution in [1.29, 1.82) is 0 Å². The van der Waals surface area contributed by atoms with Gasteiger partial charge in [-0.25, -0.2) is 4.57 Å². The molecule has 0 radical (unpaired) electrons. The van der Waals surface area contributed by atoms with E-state index in [1.54, 1.807) is 0 Å². The summed E-state index contributed by atoms with van der Waals surface area (Å²) in [5.41, 5.74) is 10.3. The van der Waals surface area contributed by atoms with Crippen LogP contribution in [0.15, 0.2) is 85.1 Å². The van der Waals surface area contributed by atoms with Crippen LogP contribution in [0.5, 0.6) is 0 Å². The van der Waals surface area contributed by atoms with E-state index >= 15 is 0 Å². The molecular weight excluding hydrogens is 388 g/mol. The fourth-order valence-corrected chi connectivity index (χ4v) is 5.63. The summed E-state index contributed by atoms with van der Waals surface area (Å²) in [6.07, 6.45) is 2.21. The Morgan fingerprint density at radius 3 is 2.38 bits per heavy atom. The van der Waals surface area contributed by atoms with E-state index < -0.39 is 0 Å². The molecule has 32 heavy (non-hydrogen) atoms. The van der Waals surface area contributed by atoms with E-state index in [4.69, 9.17) is 0 Å². The van der Waals surface area contributed by atoms with Gasteiger partial charge in [-0.3, -0.25) is 0 Å². The lowest BCUT2D eigenvalue weighted by molar-refractivity contribution is -0.643. The first-order valence-corrected chi connectivity index (χ1v) is 11.2. The Morgan fingerprint density at radius 1 is 0.688 bits per heavy atom. The molecule has 7 aromatic rings. The van der Waals surface area contributed by atoms with Crippen LogP contribution in [0.25, 0.3) is 60.1 Å². The zero-order valence-electron chi connectivity index (χ0n) is 18.5. The standard InChI is InChI=1S/C30H23N2/c1-18-9-12-25-24(15-18)23-11-10-19(2)27-29(23)32(25)26-17-22(20-7-5-4-6-8-20)16-21-13-14-31(3)30(27)28(21)26/h4-17H,1-3H3/q+1. The molecular formula is C30H23N2+. The average molecular weight is 412 g/mol. The van der Waals surface area contributed by atoms with E-state index in [9.17, 15) is 0 Å². The van der Waals surface area contributed by atoms with Crippen LogP contribution in [0.4, 0.5) is 0 Å². The molecule has 3 heterocycles. The maximum Gasteiger partial charge on any atom is 0.224 e. The maximum atomic E-state index is 2.51. The molecule has 0 saturated carbocycles. The highest BCUT2D eigenvalue weighted by molar-refractivity contribution is 6.26. The smallest absolute Gasteiger partial charge is 0.224 e. The molecule has 2 heteroatoms. The maximum absolute atomic E-state index is 2.51. The molecule has 0 atom stereocenters. The predicted octanol–water partition coefficient (Wildman–Crippen LogP) is 7.10. The van der Waals surface area contributed by atoms with Crippen molar-refractivity contribution in [2.75, 3.05) is 0 Å². The number of aryl methyl sites for hydroxylation is 3. The van der Waals surface area contributed by atoms with Gasteiger partial charge < -0.3 is 4.40 Å². The molecule has 0 N–H and O–H groups in total. The number of hydrogen-bond donors (Lipinski definition) is 0. The van der Waals surface area contributed by atoms with E-state index in [1.165, 1.54) is 71.3 Å². The summed E-state index contributed by atoms with van der Waals surface area (Å²) in [5.74, 6) is 0. The third kappa shape index (κ3) is 2.17. The van der Waals surface area contributed by atoms with Gasteiger partial charge in [0.1, 0.15) is 7.05 Å². The van der Waals surface area contributed by atoms with E-state index in [-0.39, 0.29) is 0 Å². The van der Waals surface area contributed by atoms with Gasteiger partial charge in [-0.2, -0.15) is 0 Å². The summed E-state index contributed by atoms with van der Waals surface area (Å²) >= 11 is 0. The second kappa shape index (κ2) is 6.08. The fraction of sp³-hybridized carbons (Fsp3) is 0.100. The Labute approximate surface area is 186 Å². The molecule has 0 aliphatic carbocycles. The zero-order valence-corrected chi connectivity index (χ0v) is 18.5. The summed E-state index contributed by atoms with van der Waals surface area (Å²) in [7, 11) is 2.17. The highest BCUT2D eigenvalue weighted by Crippen LogP contribution is 2.42. The summed E-state index contributed by atoms with van der Waals surface area (Å²) in [6, 6.07) is 29.1. The van der Waals surface area contributed by atoms with Crippen LogP contribution in [-0.2, 0) is 7.05 Å². The molecule has 0 amide bonds. The monoisotopic (exact) mass is 411 g/mol. The topological polar surface area (TPSA) is 8.29 Å². The van der Waals surface area contributed by atoms with Gasteiger partial charge >= 0.3 is 0 Å². The van der Waals surface area contributed by atoms with Crippen molar-refractivity contribution in [3.63, 3.8) is 0 Å². The number of benzene rings is 4. The second-order valence-electron chi connectivity index (χ2n) is 9.11. The quantitative estimate of drug-likeness (QED) is 0.155. The molecule has 0 aliphatic rings. The van der Waals surface area contributed by atoms with Crippen LogP contribution in [-0.4, -0.2) is 4.40 Å².